The van der Waals surface area contributed by atoms with Crippen molar-refractivity contribution in [3.63, 3.8) is 0 Å². The fraction of sp³-hybridized carbons (Fsp3) is 0.300. The normalized spacial score (nSPS) is 14.9. The first kappa shape index (κ1) is 8.63. The molecule has 1 aromatic rings. The van der Waals surface area contributed by atoms with Gasteiger partial charge in [0.05, 0.1) is 0 Å². The summed E-state index contributed by atoms with van der Waals surface area (Å²) in [6, 6.07) is 6.02. The number of amides is 1. The van der Waals surface area contributed by atoms with Crippen LogP contribution in [0.4, 0.5) is 0 Å². The average molecular weight is 193 g/mol. The maximum Gasteiger partial charge on any atom is 0.254 e. The van der Waals surface area contributed by atoms with Gasteiger partial charge in [0.1, 0.15) is 0 Å². The summed E-state index contributed by atoms with van der Waals surface area (Å²) in [4.78, 5) is 14.5. The van der Waals surface area contributed by atoms with E-state index >= 15 is 0 Å². The smallest absolute Gasteiger partial charge is 0.254 e. The lowest BCUT2D eigenvalue weighted by Gasteiger charge is -2.04. The van der Waals surface area contributed by atoms with E-state index in [4.69, 9.17) is 0 Å². The zero-order chi connectivity index (χ0) is 9.42. The Morgan fingerprint density at radius 1 is 1.46 bits per heavy atom. The summed E-state index contributed by atoms with van der Waals surface area (Å²) in [7, 11) is 1.83. The highest BCUT2D eigenvalue weighted by atomic mass is 32.2. The second-order valence-electron chi connectivity index (χ2n) is 3.18. The fourth-order valence-electron chi connectivity index (χ4n) is 1.57. The summed E-state index contributed by atoms with van der Waals surface area (Å²) < 4.78 is 0. The minimum atomic E-state index is 0.141. The van der Waals surface area contributed by atoms with E-state index in [2.05, 4.69) is 6.07 Å². The van der Waals surface area contributed by atoms with Crippen LogP contribution in [-0.4, -0.2) is 24.1 Å². The molecule has 0 unspecified atom stereocenters. The van der Waals surface area contributed by atoms with E-state index in [-0.39, 0.29) is 5.91 Å². The number of hydrogen-bond donors (Lipinski definition) is 0. The van der Waals surface area contributed by atoms with E-state index in [1.807, 2.05) is 25.4 Å². The molecule has 13 heavy (non-hydrogen) atoms. The zero-order valence-corrected chi connectivity index (χ0v) is 8.52. The molecular weight excluding hydrogens is 182 g/mol. The molecule has 1 aromatic carbocycles. The predicted octanol–water partition coefficient (Wildman–Crippen LogP) is 1.99. The molecule has 1 amide bonds. The molecule has 1 aliphatic heterocycles. The van der Waals surface area contributed by atoms with Crippen LogP contribution in [0.2, 0.25) is 0 Å². The molecule has 0 aliphatic carbocycles. The number of nitrogens with zero attached hydrogens (tertiary/aromatic N) is 1. The van der Waals surface area contributed by atoms with E-state index in [1.54, 1.807) is 16.7 Å². The second kappa shape index (κ2) is 3.07. The summed E-state index contributed by atoms with van der Waals surface area (Å²) >= 11 is 1.71. The van der Waals surface area contributed by atoms with Crippen molar-refractivity contribution in [2.75, 3.05) is 13.3 Å². The average Bonchev–Trinajstić information content (AvgIpc) is 2.42. The Labute approximate surface area is 81.9 Å². The summed E-state index contributed by atoms with van der Waals surface area (Å²) in [5.41, 5.74) is 2.01. The molecule has 68 valence electrons. The molecule has 1 heterocycles. The number of rotatable bonds is 1. The lowest BCUT2D eigenvalue weighted by atomic mass is 10.1. The molecule has 0 atom stereocenters. The van der Waals surface area contributed by atoms with Crippen LogP contribution in [0.15, 0.2) is 23.1 Å². The molecule has 0 saturated heterocycles. The third-order valence-corrected chi connectivity index (χ3v) is 3.02. The van der Waals surface area contributed by atoms with Crippen LogP contribution >= 0.6 is 11.8 Å². The van der Waals surface area contributed by atoms with E-state index in [9.17, 15) is 4.79 Å². The van der Waals surface area contributed by atoms with Gasteiger partial charge in [-0.3, -0.25) is 4.79 Å². The SMILES string of the molecule is CSc1ccc2c(c1)CN(C)C2=O. The highest BCUT2D eigenvalue weighted by Crippen LogP contribution is 2.25. The lowest BCUT2D eigenvalue weighted by Crippen LogP contribution is -2.17. The Kier molecular flexibility index (Phi) is 2.04. The topological polar surface area (TPSA) is 20.3 Å². The van der Waals surface area contributed by atoms with Crippen molar-refractivity contribution in [3.05, 3.63) is 29.3 Å². The summed E-state index contributed by atoms with van der Waals surface area (Å²) in [5.74, 6) is 0.141. The molecule has 0 radical (unpaired) electrons. The second-order valence-corrected chi connectivity index (χ2v) is 4.06. The predicted molar refractivity (Wildman–Crippen MR) is 54.0 cm³/mol. The van der Waals surface area contributed by atoms with Crippen molar-refractivity contribution in [3.8, 4) is 0 Å². The molecule has 0 fully saturated rings. The van der Waals surface area contributed by atoms with Gasteiger partial charge >= 0.3 is 0 Å². The summed E-state index contributed by atoms with van der Waals surface area (Å²) in [6.45, 7) is 0.753. The van der Waals surface area contributed by atoms with Crippen molar-refractivity contribution in [1.29, 1.82) is 0 Å². The monoisotopic (exact) mass is 193 g/mol. The van der Waals surface area contributed by atoms with Gasteiger partial charge in [-0.05, 0) is 30.0 Å². The molecular formula is C10H11NOS. The lowest BCUT2D eigenvalue weighted by molar-refractivity contribution is 0.0816. The highest BCUT2D eigenvalue weighted by Gasteiger charge is 2.23. The van der Waals surface area contributed by atoms with Gasteiger partial charge < -0.3 is 4.90 Å². The third-order valence-electron chi connectivity index (χ3n) is 2.30. The minimum Gasteiger partial charge on any atom is -0.337 e. The molecule has 0 bridgehead atoms. The number of benzene rings is 1. The Morgan fingerprint density at radius 2 is 2.23 bits per heavy atom. The molecule has 1 aliphatic rings. The van der Waals surface area contributed by atoms with Crippen LogP contribution in [0.1, 0.15) is 15.9 Å². The number of carbonyl (C=O) groups is 1. The largest absolute Gasteiger partial charge is 0.337 e. The number of thioether (sulfide) groups is 1. The Bertz CT molecular complexity index is 362. The van der Waals surface area contributed by atoms with Gasteiger partial charge in [0.2, 0.25) is 0 Å². The molecule has 3 heteroatoms. The van der Waals surface area contributed by atoms with Crippen molar-refractivity contribution in [2.24, 2.45) is 0 Å². The maximum absolute atomic E-state index is 11.5. The van der Waals surface area contributed by atoms with Gasteiger partial charge in [0, 0.05) is 24.1 Å². The first-order chi connectivity index (χ1) is 6.22. The Balaban J connectivity index is 2.46. The van der Waals surface area contributed by atoms with E-state index in [0.717, 1.165) is 17.7 Å². The molecule has 2 nitrogen and oxygen atoms in total. The number of hydrogen-bond acceptors (Lipinski definition) is 2. The van der Waals surface area contributed by atoms with E-state index < -0.39 is 0 Å². The fourth-order valence-corrected chi connectivity index (χ4v) is 2.03. The van der Waals surface area contributed by atoms with Crippen LogP contribution in [0.3, 0.4) is 0 Å². The first-order valence-electron chi connectivity index (χ1n) is 4.15. The van der Waals surface area contributed by atoms with Crippen LogP contribution in [0.25, 0.3) is 0 Å². The van der Waals surface area contributed by atoms with Crippen molar-refractivity contribution < 1.29 is 4.79 Å². The van der Waals surface area contributed by atoms with Crippen molar-refractivity contribution in [2.45, 2.75) is 11.4 Å². The molecule has 0 N–H and O–H groups in total. The minimum absolute atomic E-state index is 0.141. The quantitative estimate of drug-likeness (QED) is 0.636. The van der Waals surface area contributed by atoms with Crippen LogP contribution in [0.5, 0.6) is 0 Å². The Hall–Kier alpha value is -0.960. The number of carbonyl (C=O) groups excluding carboxylic acids is 1. The van der Waals surface area contributed by atoms with Gasteiger partial charge in [-0.15, -0.1) is 11.8 Å². The van der Waals surface area contributed by atoms with E-state index in [1.165, 1.54) is 4.90 Å². The Morgan fingerprint density at radius 3 is 2.92 bits per heavy atom. The van der Waals surface area contributed by atoms with Crippen molar-refractivity contribution in [1.82, 2.24) is 4.90 Å². The zero-order valence-electron chi connectivity index (χ0n) is 7.70. The van der Waals surface area contributed by atoms with Crippen molar-refractivity contribution >= 4 is 17.7 Å². The molecule has 0 spiro atoms. The molecule has 0 aromatic heterocycles. The van der Waals surface area contributed by atoms with Gasteiger partial charge in [0.25, 0.3) is 5.91 Å². The van der Waals surface area contributed by atoms with Gasteiger partial charge in [0.15, 0.2) is 0 Å². The van der Waals surface area contributed by atoms with Crippen LogP contribution in [0, 0.1) is 0 Å². The van der Waals surface area contributed by atoms with Gasteiger partial charge in [-0.2, -0.15) is 0 Å². The standard InChI is InChI=1S/C10H11NOS/c1-11-6-7-5-8(13-2)3-4-9(7)10(11)12/h3-5H,6H2,1-2H3. The van der Waals surface area contributed by atoms with Crippen LogP contribution < -0.4 is 0 Å². The first-order valence-corrected chi connectivity index (χ1v) is 5.37. The third kappa shape index (κ3) is 1.33. The highest BCUT2D eigenvalue weighted by molar-refractivity contribution is 7.98. The van der Waals surface area contributed by atoms with Crippen LogP contribution in [-0.2, 0) is 6.54 Å². The summed E-state index contributed by atoms with van der Waals surface area (Å²) in [5, 5.41) is 0. The van der Waals surface area contributed by atoms with E-state index in [0.29, 0.717) is 0 Å². The van der Waals surface area contributed by atoms with Gasteiger partial charge in [-0.25, -0.2) is 0 Å². The molecule has 0 saturated carbocycles. The number of fused-ring (bicyclic) bond motifs is 1. The molecule has 2 rings (SSSR count). The van der Waals surface area contributed by atoms with Gasteiger partial charge in [-0.1, -0.05) is 0 Å². The summed E-state index contributed by atoms with van der Waals surface area (Å²) in [6.07, 6.45) is 2.04. The maximum atomic E-state index is 11.5.